The number of rotatable bonds is 10. The van der Waals surface area contributed by atoms with Crippen LogP contribution in [-0.4, -0.2) is 87.6 Å². The van der Waals surface area contributed by atoms with Crippen LogP contribution >= 0.6 is 15.9 Å². The summed E-state index contributed by atoms with van der Waals surface area (Å²) in [6, 6.07) is -1.49. The number of ether oxygens (including phenoxy) is 2. The number of aliphatic hydroxyl groups is 1. The maximum absolute atomic E-state index is 13.8. The number of carbonyl (C=O) groups excluding carboxylic acids is 3. The van der Waals surface area contributed by atoms with Crippen molar-refractivity contribution in [2.75, 3.05) is 26.3 Å². The summed E-state index contributed by atoms with van der Waals surface area (Å²) in [4.78, 5) is 43.3. The SMILES string of the molecule is C=CCN(CCCC)C(=O)[C@@H]1N([C@H](C)CO)C(=O)[C@H]2[C@H](C(=O)OCC)[C@H]3O[C@@]12CC3Br. The van der Waals surface area contributed by atoms with Crippen LogP contribution in [0, 0.1) is 11.8 Å². The Hall–Kier alpha value is -1.45. The molecule has 7 atom stereocenters. The van der Waals surface area contributed by atoms with Gasteiger partial charge in [0, 0.05) is 17.9 Å². The van der Waals surface area contributed by atoms with Gasteiger partial charge >= 0.3 is 5.97 Å². The molecule has 0 saturated carbocycles. The van der Waals surface area contributed by atoms with Crippen molar-refractivity contribution in [1.29, 1.82) is 0 Å². The first kappa shape index (κ1) is 24.2. The van der Waals surface area contributed by atoms with Crippen LogP contribution in [0.1, 0.15) is 40.0 Å². The van der Waals surface area contributed by atoms with Crippen LogP contribution in [0.5, 0.6) is 0 Å². The van der Waals surface area contributed by atoms with Gasteiger partial charge < -0.3 is 24.4 Å². The third kappa shape index (κ3) is 3.82. The van der Waals surface area contributed by atoms with E-state index in [2.05, 4.69) is 22.5 Å². The van der Waals surface area contributed by atoms with Crippen LogP contribution in [0.3, 0.4) is 0 Å². The van der Waals surface area contributed by atoms with Crippen molar-refractivity contribution in [1.82, 2.24) is 9.80 Å². The fraction of sp³-hybridized carbons (Fsp3) is 0.773. The van der Waals surface area contributed by atoms with Crippen molar-refractivity contribution in [2.24, 2.45) is 11.8 Å². The molecule has 8 nitrogen and oxygen atoms in total. The first-order valence-electron chi connectivity index (χ1n) is 11.1. The number of likely N-dealkylation sites (tertiary alicyclic amines) is 1. The second kappa shape index (κ2) is 9.58. The number of esters is 1. The first-order chi connectivity index (χ1) is 14.8. The van der Waals surface area contributed by atoms with Crippen LogP contribution < -0.4 is 0 Å². The molecule has 0 aromatic rings. The smallest absolute Gasteiger partial charge is 0.312 e. The highest BCUT2D eigenvalue weighted by atomic mass is 79.9. The van der Waals surface area contributed by atoms with Crippen LogP contribution in [0.2, 0.25) is 0 Å². The minimum Gasteiger partial charge on any atom is -0.466 e. The first-order valence-corrected chi connectivity index (χ1v) is 12.0. The van der Waals surface area contributed by atoms with Gasteiger partial charge in [0.15, 0.2) is 0 Å². The number of halogens is 1. The van der Waals surface area contributed by atoms with Gasteiger partial charge in [0.1, 0.15) is 11.6 Å². The Bertz CT molecular complexity index is 733. The zero-order chi connectivity index (χ0) is 22.9. The lowest BCUT2D eigenvalue weighted by atomic mass is 9.70. The number of alkyl halides is 1. The molecule has 0 aliphatic carbocycles. The number of hydrogen-bond acceptors (Lipinski definition) is 6. The van der Waals surface area contributed by atoms with Gasteiger partial charge in [-0.05, 0) is 26.7 Å². The van der Waals surface area contributed by atoms with E-state index in [1.165, 1.54) is 4.90 Å². The lowest BCUT2D eigenvalue weighted by Crippen LogP contribution is -2.58. The Morgan fingerprint density at radius 2 is 2.19 bits per heavy atom. The number of nitrogens with zero attached hydrogens (tertiary/aromatic N) is 2. The molecule has 0 aromatic carbocycles. The number of carbonyl (C=O) groups is 3. The Morgan fingerprint density at radius 1 is 1.48 bits per heavy atom. The van der Waals surface area contributed by atoms with Crippen molar-refractivity contribution in [2.45, 2.75) is 68.6 Å². The Morgan fingerprint density at radius 3 is 2.77 bits per heavy atom. The van der Waals surface area contributed by atoms with Gasteiger partial charge in [-0.3, -0.25) is 14.4 Å². The van der Waals surface area contributed by atoms with Gasteiger partial charge in [0.2, 0.25) is 11.8 Å². The van der Waals surface area contributed by atoms with Gasteiger partial charge in [-0.2, -0.15) is 0 Å². The van der Waals surface area contributed by atoms with Crippen molar-refractivity contribution in [3.05, 3.63) is 12.7 Å². The van der Waals surface area contributed by atoms with Gasteiger partial charge in [-0.15, -0.1) is 6.58 Å². The summed E-state index contributed by atoms with van der Waals surface area (Å²) in [5, 5.41) is 9.86. The number of amides is 2. The molecule has 1 unspecified atom stereocenters. The van der Waals surface area contributed by atoms with E-state index < -0.39 is 41.6 Å². The van der Waals surface area contributed by atoms with Crippen LogP contribution in [0.25, 0.3) is 0 Å². The van der Waals surface area contributed by atoms with Gasteiger partial charge in [-0.25, -0.2) is 0 Å². The van der Waals surface area contributed by atoms with Gasteiger partial charge in [-0.1, -0.05) is 35.4 Å². The highest BCUT2D eigenvalue weighted by Crippen LogP contribution is 2.60. The number of fused-ring (bicyclic) bond motifs is 1. The molecule has 1 spiro atoms. The fourth-order valence-corrected chi connectivity index (χ4v) is 6.33. The third-order valence-corrected chi connectivity index (χ3v) is 7.55. The highest BCUT2D eigenvalue weighted by Gasteiger charge is 2.77. The largest absolute Gasteiger partial charge is 0.466 e. The van der Waals surface area contributed by atoms with Crippen molar-refractivity contribution in [3.8, 4) is 0 Å². The third-order valence-electron chi connectivity index (χ3n) is 6.70. The van der Waals surface area contributed by atoms with Crippen LogP contribution in [-0.2, 0) is 23.9 Å². The van der Waals surface area contributed by atoms with E-state index in [1.54, 1.807) is 24.8 Å². The molecule has 3 aliphatic rings. The summed E-state index contributed by atoms with van der Waals surface area (Å²) in [5.74, 6) is -2.61. The molecular weight excluding hydrogens is 468 g/mol. The number of hydrogen-bond donors (Lipinski definition) is 1. The molecule has 31 heavy (non-hydrogen) atoms. The van der Waals surface area contributed by atoms with E-state index in [0.29, 0.717) is 19.5 Å². The minimum atomic E-state index is -1.13. The molecule has 3 heterocycles. The molecule has 174 valence electrons. The molecule has 3 fully saturated rings. The van der Waals surface area contributed by atoms with E-state index in [1.807, 2.05) is 6.92 Å². The molecule has 1 N–H and O–H groups in total. The molecule has 3 aliphatic heterocycles. The molecule has 2 amide bonds. The topological polar surface area (TPSA) is 96.4 Å². The summed E-state index contributed by atoms with van der Waals surface area (Å²) in [6.07, 6.45) is 3.31. The normalized spacial score (nSPS) is 34.5. The molecule has 0 radical (unpaired) electrons. The Kier molecular flexibility index (Phi) is 7.48. The molecule has 2 bridgehead atoms. The summed E-state index contributed by atoms with van der Waals surface area (Å²) < 4.78 is 11.6. The molecule has 0 aromatic heterocycles. The Balaban J connectivity index is 2.06. The van der Waals surface area contributed by atoms with E-state index >= 15 is 0 Å². The van der Waals surface area contributed by atoms with Crippen molar-refractivity contribution >= 4 is 33.7 Å². The highest BCUT2D eigenvalue weighted by molar-refractivity contribution is 9.09. The quantitative estimate of drug-likeness (QED) is 0.277. The monoisotopic (exact) mass is 500 g/mol. The Labute approximate surface area is 192 Å². The number of unbranched alkanes of at least 4 members (excludes halogenated alkanes) is 1. The average molecular weight is 501 g/mol. The predicted octanol–water partition coefficient (Wildman–Crippen LogP) is 1.49. The zero-order valence-corrected chi connectivity index (χ0v) is 20.0. The summed E-state index contributed by atoms with van der Waals surface area (Å²) >= 11 is 3.61. The lowest BCUT2D eigenvalue weighted by Gasteiger charge is -2.38. The molecule has 3 saturated heterocycles. The van der Waals surface area contributed by atoms with Gasteiger partial charge in [0.05, 0.1) is 37.2 Å². The molecule has 9 heteroatoms. The summed E-state index contributed by atoms with van der Waals surface area (Å²) in [7, 11) is 0. The number of aliphatic hydroxyl groups excluding tert-OH is 1. The zero-order valence-electron chi connectivity index (χ0n) is 18.5. The van der Waals surface area contributed by atoms with Gasteiger partial charge in [0.25, 0.3) is 0 Å². The van der Waals surface area contributed by atoms with Crippen LogP contribution in [0.15, 0.2) is 12.7 Å². The fourth-order valence-electron chi connectivity index (χ4n) is 5.39. The molecule has 3 rings (SSSR count). The minimum absolute atomic E-state index is 0.172. The lowest BCUT2D eigenvalue weighted by molar-refractivity contribution is -0.156. The summed E-state index contributed by atoms with van der Waals surface area (Å²) in [5.41, 5.74) is -1.13. The second-order valence-corrected chi connectivity index (χ2v) is 9.80. The van der Waals surface area contributed by atoms with E-state index in [-0.39, 0.29) is 29.9 Å². The van der Waals surface area contributed by atoms with E-state index in [0.717, 1.165) is 12.8 Å². The molecular formula is C22H33BrN2O6. The van der Waals surface area contributed by atoms with Crippen LogP contribution in [0.4, 0.5) is 0 Å². The second-order valence-electron chi connectivity index (χ2n) is 8.62. The van der Waals surface area contributed by atoms with Crippen molar-refractivity contribution in [3.63, 3.8) is 0 Å². The van der Waals surface area contributed by atoms with Crippen molar-refractivity contribution < 1.29 is 29.0 Å². The van der Waals surface area contributed by atoms with E-state index in [4.69, 9.17) is 9.47 Å². The maximum Gasteiger partial charge on any atom is 0.312 e. The summed E-state index contributed by atoms with van der Waals surface area (Å²) in [6.45, 7) is 10.0. The average Bonchev–Trinajstić information content (AvgIpc) is 3.33. The predicted molar refractivity (Wildman–Crippen MR) is 117 cm³/mol. The maximum atomic E-state index is 13.8. The standard InChI is InChI=1S/C22H33BrN2O6/c1-5-8-10-24(9-6-2)20(28)18-22-11-14(23)17(31-22)15(21(29)30-7-3)16(22)19(27)25(18)13(4)12-26/h6,13-18,26H,2,5,7-12H2,1,3-4H3/t13-,14?,15+,16-,17+,18+,22-/m1/s1. The van der Waals surface area contributed by atoms with E-state index in [9.17, 15) is 19.5 Å².